The van der Waals surface area contributed by atoms with Crippen LogP contribution in [0.3, 0.4) is 0 Å². The maximum atomic E-state index is 5.94. The first kappa shape index (κ1) is 23.2. The predicted octanol–water partition coefficient (Wildman–Crippen LogP) is 3.96. The second-order valence-corrected chi connectivity index (χ2v) is 9.04. The Morgan fingerprint density at radius 3 is 2.63 bits per heavy atom. The van der Waals surface area contributed by atoms with Crippen LogP contribution in [0.1, 0.15) is 66.2 Å². The van der Waals surface area contributed by atoms with E-state index in [1.165, 1.54) is 32.1 Å². The molecule has 0 aromatic heterocycles. The van der Waals surface area contributed by atoms with Gasteiger partial charge in [-0.15, -0.1) is 24.0 Å². The molecule has 2 aliphatic carbocycles. The van der Waals surface area contributed by atoms with Crippen LogP contribution in [0.4, 0.5) is 0 Å². The van der Waals surface area contributed by atoms with Crippen LogP contribution in [0.5, 0.6) is 0 Å². The van der Waals surface area contributed by atoms with Crippen LogP contribution in [0.25, 0.3) is 0 Å². The molecule has 6 heteroatoms. The van der Waals surface area contributed by atoms with E-state index < -0.39 is 0 Å². The zero-order valence-corrected chi connectivity index (χ0v) is 20.0. The third-order valence-electron chi connectivity index (χ3n) is 6.95. The summed E-state index contributed by atoms with van der Waals surface area (Å²) in [6.45, 7) is 13.3. The molecule has 2 N–H and O–H groups in total. The van der Waals surface area contributed by atoms with Gasteiger partial charge < -0.3 is 20.1 Å². The summed E-state index contributed by atoms with van der Waals surface area (Å²) in [5.74, 6) is 1.62. The van der Waals surface area contributed by atoms with Crippen LogP contribution in [0, 0.1) is 16.7 Å². The van der Waals surface area contributed by atoms with Crippen molar-refractivity contribution in [1.82, 2.24) is 10.6 Å². The van der Waals surface area contributed by atoms with E-state index in [0.29, 0.717) is 23.5 Å². The first-order valence-corrected chi connectivity index (χ1v) is 10.8. The average molecular weight is 493 g/mol. The Hall–Kier alpha value is -0.0800. The first-order chi connectivity index (χ1) is 12.5. The highest BCUT2D eigenvalue weighted by Gasteiger charge is 2.59. The molecule has 5 nitrogen and oxygen atoms in total. The molecule has 3 fully saturated rings. The summed E-state index contributed by atoms with van der Waals surface area (Å²) in [6, 6.07) is 0.454. The topological polar surface area (TPSA) is 54.9 Å². The molecule has 2 saturated carbocycles. The lowest BCUT2D eigenvalue weighted by Crippen LogP contribution is -2.68. The van der Waals surface area contributed by atoms with Crippen molar-refractivity contribution >= 4 is 29.9 Å². The summed E-state index contributed by atoms with van der Waals surface area (Å²) < 4.78 is 11.6. The molecule has 3 rings (SSSR count). The van der Waals surface area contributed by atoms with E-state index in [-0.39, 0.29) is 29.4 Å². The normalized spacial score (nSPS) is 31.0. The fourth-order valence-electron chi connectivity index (χ4n) is 5.38. The first-order valence-electron chi connectivity index (χ1n) is 10.8. The number of nitrogens with one attached hydrogen (secondary N) is 2. The molecule has 0 spiro atoms. The van der Waals surface area contributed by atoms with Crippen molar-refractivity contribution in [2.24, 2.45) is 21.7 Å². The van der Waals surface area contributed by atoms with E-state index in [2.05, 4.69) is 38.3 Å². The minimum atomic E-state index is 0. The number of guanidine groups is 1. The molecule has 1 heterocycles. The quantitative estimate of drug-likeness (QED) is 0.233. The Morgan fingerprint density at radius 1 is 1.22 bits per heavy atom. The lowest BCUT2D eigenvalue weighted by Gasteiger charge is -2.55. The van der Waals surface area contributed by atoms with E-state index in [1.807, 2.05) is 0 Å². The fourth-order valence-corrected chi connectivity index (χ4v) is 5.38. The van der Waals surface area contributed by atoms with Crippen molar-refractivity contribution in [1.29, 1.82) is 0 Å². The zero-order valence-electron chi connectivity index (χ0n) is 17.7. The van der Waals surface area contributed by atoms with Crippen LogP contribution < -0.4 is 10.6 Å². The molecule has 0 amide bonds. The Labute approximate surface area is 182 Å². The van der Waals surface area contributed by atoms with Gasteiger partial charge in [0.05, 0.1) is 6.10 Å². The summed E-state index contributed by atoms with van der Waals surface area (Å²) in [6.07, 6.45) is 7.97. The van der Waals surface area contributed by atoms with Crippen molar-refractivity contribution in [3.8, 4) is 0 Å². The van der Waals surface area contributed by atoms with Gasteiger partial charge in [-0.2, -0.15) is 0 Å². The van der Waals surface area contributed by atoms with Crippen LogP contribution in [-0.4, -0.2) is 51.0 Å². The van der Waals surface area contributed by atoms with Gasteiger partial charge in [-0.25, -0.2) is 0 Å². The fraction of sp³-hybridized carbons (Fsp3) is 0.952. The van der Waals surface area contributed by atoms with E-state index in [1.54, 1.807) is 0 Å². The standard InChI is InChI=1S/C21H39N3O2.HI/c1-5-22-19(24-17-16-9-13-26-18(16)20(17,3)4)23-15-21(10-7-8-11-21)12-14-25-6-2;/h16-18H,5-15H2,1-4H3,(H2,22,23,24);1H. The highest BCUT2D eigenvalue weighted by atomic mass is 127. The summed E-state index contributed by atoms with van der Waals surface area (Å²) in [5, 5.41) is 7.23. The maximum absolute atomic E-state index is 5.94. The number of hydrogen-bond donors (Lipinski definition) is 2. The van der Waals surface area contributed by atoms with Gasteiger partial charge in [-0.05, 0) is 44.9 Å². The van der Waals surface area contributed by atoms with Crippen LogP contribution in [0.15, 0.2) is 4.99 Å². The molecule has 3 unspecified atom stereocenters. The van der Waals surface area contributed by atoms with Crippen molar-refractivity contribution in [3.63, 3.8) is 0 Å². The summed E-state index contributed by atoms with van der Waals surface area (Å²) in [5.41, 5.74) is 0.517. The summed E-state index contributed by atoms with van der Waals surface area (Å²) >= 11 is 0. The Morgan fingerprint density at radius 2 is 1.96 bits per heavy atom. The van der Waals surface area contributed by atoms with Gasteiger partial charge in [0, 0.05) is 50.3 Å². The molecular weight excluding hydrogens is 453 g/mol. The van der Waals surface area contributed by atoms with Gasteiger partial charge in [0.25, 0.3) is 0 Å². The number of aliphatic imine (C=N–C) groups is 1. The minimum absolute atomic E-state index is 0. The van der Waals surface area contributed by atoms with E-state index in [0.717, 1.165) is 45.3 Å². The molecule has 0 radical (unpaired) electrons. The zero-order chi connectivity index (χ0) is 18.6. The number of fused-ring (bicyclic) bond motifs is 1. The molecule has 0 bridgehead atoms. The minimum Gasteiger partial charge on any atom is -0.382 e. The lowest BCUT2D eigenvalue weighted by atomic mass is 9.57. The average Bonchev–Trinajstić information content (AvgIpc) is 3.26. The van der Waals surface area contributed by atoms with E-state index in [4.69, 9.17) is 14.5 Å². The van der Waals surface area contributed by atoms with Gasteiger partial charge >= 0.3 is 0 Å². The third-order valence-corrected chi connectivity index (χ3v) is 6.95. The van der Waals surface area contributed by atoms with Gasteiger partial charge in [-0.1, -0.05) is 26.7 Å². The number of hydrogen-bond acceptors (Lipinski definition) is 3. The highest BCUT2D eigenvalue weighted by Crippen LogP contribution is 2.52. The van der Waals surface area contributed by atoms with Crippen molar-refractivity contribution in [3.05, 3.63) is 0 Å². The number of rotatable bonds is 8. The SMILES string of the molecule is CCNC(=NCC1(CCOCC)CCCC1)NC1C2CCOC2C1(C)C.I. The van der Waals surface area contributed by atoms with E-state index >= 15 is 0 Å². The number of halogens is 1. The molecule has 1 aliphatic heterocycles. The molecule has 0 aromatic rings. The van der Waals surface area contributed by atoms with E-state index in [9.17, 15) is 0 Å². The third kappa shape index (κ3) is 5.10. The molecule has 158 valence electrons. The molecule has 3 aliphatic rings. The van der Waals surface area contributed by atoms with Crippen LogP contribution in [0.2, 0.25) is 0 Å². The predicted molar refractivity (Wildman–Crippen MR) is 122 cm³/mol. The lowest BCUT2D eigenvalue weighted by molar-refractivity contribution is -0.106. The smallest absolute Gasteiger partial charge is 0.191 e. The molecular formula is C21H40IN3O2. The van der Waals surface area contributed by atoms with Gasteiger partial charge in [0.2, 0.25) is 0 Å². The molecule has 1 saturated heterocycles. The largest absolute Gasteiger partial charge is 0.382 e. The van der Waals surface area contributed by atoms with Crippen molar-refractivity contribution in [2.45, 2.75) is 78.4 Å². The highest BCUT2D eigenvalue weighted by molar-refractivity contribution is 14.0. The van der Waals surface area contributed by atoms with Crippen LogP contribution in [-0.2, 0) is 9.47 Å². The number of nitrogens with zero attached hydrogens (tertiary/aromatic N) is 1. The Kier molecular flexibility index (Phi) is 8.68. The van der Waals surface area contributed by atoms with Crippen molar-refractivity contribution < 1.29 is 9.47 Å². The van der Waals surface area contributed by atoms with Gasteiger partial charge in [0.1, 0.15) is 0 Å². The number of ether oxygens (including phenoxy) is 2. The second kappa shape index (κ2) is 10.1. The van der Waals surface area contributed by atoms with Gasteiger partial charge in [0.15, 0.2) is 5.96 Å². The molecule has 3 atom stereocenters. The van der Waals surface area contributed by atoms with Crippen molar-refractivity contribution in [2.75, 3.05) is 32.9 Å². The Balaban J connectivity index is 0.00000261. The molecule has 27 heavy (non-hydrogen) atoms. The second-order valence-electron chi connectivity index (χ2n) is 9.04. The molecule has 0 aromatic carbocycles. The Bertz CT molecular complexity index is 492. The summed E-state index contributed by atoms with van der Waals surface area (Å²) in [7, 11) is 0. The maximum Gasteiger partial charge on any atom is 0.191 e. The summed E-state index contributed by atoms with van der Waals surface area (Å²) in [4.78, 5) is 5.05. The monoisotopic (exact) mass is 493 g/mol. The van der Waals surface area contributed by atoms with Gasteiger partial charge in [-0.3, -0.25) is 4.99 Å². The van der Waals surface area contributed by atoms with Crippen LogP contribution >= 0.6 is 24.0 Å².